The van der Waals surface area contributed by atoms with Crippen LogP contribution in [0.5, 0.6) is 0 Å². The van der Waals surface area contributed by atoms with Crippen LogP contribution in [0.25, 0.3) is 0 Å². The number of nitrogens with zero attached hydrogens (tertiary/aromatic N) is 2. The first-order valence-corrected chi connectivity index (χ1v) is 14.9. The van der Waals surface area contributed by atoms with E-state index < -0.39 is 86.6 Å². The highest BCUT2D eigenvalue weighted by molar-refractivity contribution is 7.89. The van der Waals surface area contributed by atoms with Gasteiger partial charge in [-0.2, -0.15) is 8.61 Å². The molecule has 2 heterocycles. The van der Waals surface area contributed by atoms with Crippen LogP contribution >= 0.6 is 0 Å². The van der Waals surface area contributed by atoms with E-state index in [9.17, 15) is 49.1 Å². The second kappa shape index (κ2) is 11.7. The van der Waals surface area contributed by atoms with Gasteiger partial charge in [0.25, 0.3) is 0 Å². The minimum absolute atomic E-state index is 0.201. The molecule has 4 atom stereocenters. The van der Waals surface area contributed by atoms with E-state index in [0.717, 1.165) is 66.9 Å². The third kappa shape index (κ3) is 6.24. The Morgan fingerprint density at radius 3 is 1.46 bits per heavy atom. The molecule has 0 aliphatic carbocycles. The third-order valence-electron chi connectivity index (χ3n) is 6.96. The Morgan fingerprint density at radius 2 is 1.12 bits per heavy atom. The van der Waals surface area contributed by atoms with Crippen LogP contribution in [0.3, 0.4) is 0 Å². The number of hydrogen-bond donors (Lipinski definition) is 1. The lowest BCUT2D eigenvalue weighted by Crippen LogP contribution is -2.51. The highest BCUT2D eigenvalue weighted by Gasteiger charge is 2.55. The Labute approximate surface area is 234 Å². The zero-order chi connectivity index (χ0) is 31.0. The van der Waals surface area contributed by atoms with E-state index >= 15 is 0 Å². The summed E-state index contributed by atoms with van der Waals surface area (Å²) < 4.78 is 109. The molecule has 2 aromatic rings. The second-order valence-corrected chi connectivity index (χ2v) is 13.7. The number of esters is 1. The number of alkyl halides is 2. The molecule has 2 aliphatic heterocycles. The monoisotopic (exact) mass is 624 g/mol. The third-order valence-corrected chi connectivity index (χ3v) is 11.0. The summed E-state index contributed by atoms with van der Waals surface area (Å²) >= 11 is 0. The van der Waals surface area contributed by atoms with Gasteiger partial charge in [0.15, 0.2) is 0 Å². The van der Waals surface area contributed by atoms with Crippen molar-refractivity contribution in [3.63, 3.8) is 0 Å². The van der Waals surface area contributed by atoms with Crippen LogP contribution in [0, 0.1) is 11.6 Å². The van der Waals surface area contributed by atoms with Gasteiger partial charge in [-0.3, -0.25) is 9.59 Å². The first kappa shape index (κ1) is 32.4. The lowest BCUT2D eigenvalue weighted by Gasteiger charge is -2.31. The standard InChI is InChI=1S/C13H15F2NO4S.C12H13F2NO4S/c1-13(12(17)20-2)7-10(15)8-16(13)21(18,19)11-5-3-9(14)4-6-11;1-12(11(16)17)6-9(14)7-15(12)20(18,19)10-4-2-8(13)3-5-10/h3-6,10H,7-8H2,1-2H3;2-5,9H,6-7H2,1H3,(H,16,17)/t10-,13?;9-,12?/m11/s1. The number of carbonyl (C=O) groups is 2. The smallest absolute Gasteiger partial charge is 0.327 e. The lowest BCUT2D eigenvalue weighted by molar-refractivity contribution is -0.150. The van der Waals surface area contributed by atoms with Gasteiger partial charge in [-0.15, -0.1) is 0 Å². The number of carboxylic acids is 1. The number of carbonyl (C=O) groups excluding carboxylic acids is 1. The fourth-order valence-corrected chi connectivity index (χ4v) is 8.30. The second-order valence-electron chi connectivity index (χ2n) is 9.93. The number of methoxy groups -OCH3 is 1. The van der Waals surface area contributed by atoms with Gasteiger partial charge in [0.1, 0.15) is 35.1 Å². The van der Waals surface area contributed by atoms with Crippen LogP contribution < -0.4 is 0 Å². The Hall–Kier alpha value is -3.08. The molecule has 10 nitrogen and oxygen atoms in total. The van der Waals surface area contributed by atoms with E-state index in [1.165, 1.54) is 6.92 Å². The number of carboxylic acid groups (broad SMARTS) is 1. The van der Waals surface area contributed by atoms with Gasteiger partial charge < -0.3 is 9.84 Å². The maximum absolute atomic E-state index is 13.7. The average molecular weight is 625 g/mol. The highest BCUT2D eigenvalue weighted by Crippen LogP contribution is 2.37. The normalized spacial score (nSPS) is 27.2. The lowest BCUT2D eigenvalue weighted by atomic mass is 10.0. The molecule has 2 fully saturated rings. The highest BCUT2D eigenvalue weighted by atomic mass is 32.2. The maximum atomic E-state index is 13.7. The van der Waals surface area contributed by atoms with Crippen molar-refractivity contribution in [3.8, 4) is 0 Å². The fraction of sp³-hybridized carbons (Fsp3) is 0.440. The molecule has 0 saturated carbocycles. The van der Waals surface area contributed by atoms with Gasteiger partial charge in [0.05, 0.1) is 16.9 Å². The molecule has 0 aromatic heterocycles. The number of hydrogen-bond acceptors (Lipinski definition) is 7. The van der Waals surface area contributed by atoms with Crippen LogP contribution in [0.4, 0.5) is 17.6 Å². The van der Waals surface area contributed by atoms with Crippen LogP contribution in [0.1, 0.15) is 26.7 Å². The zero-order valence-electron chi connectivity index (χ0n) is 22.1. The Bertz CT molecular complexity index is 1510. The number of benzene rings is 2. The predicted octanol–water partition coefficient (Wildman–Crippen LogP) is 2.89. The van der Waals surface area contributed by atoms with Crippen molar-refractivity contribution in [2.24, 2.45) is 0 Å². The first-order valence-electron chi connectivity index (χ1n) is 12.1. The van der Waals surface area contributed by atoms with Gasteiger partial charge in [-0.25, -0.2) is 34.4 Å². The van der Waals surface area contributed by atoms with Crippen molar-refractivity contribution in [1.29, 1.82) is 0 Å². The SMILES string of the molecule is CC1(C(=O)O)C[C@@H](F)CN1S(=O)(=O)c1ccc(F)cc1.COC(=O)C1(C)C[C@@H](F)CN1S(=O)(=O)c1ccc(F)cc1. The molecule has 2 saturated heterocycles. The van der Waals surface area contributed by atoms with Gasteiger partial charge in [-0.05, 0) is 62.4 Å². The minimum atomic E-state index is -4.20. The van der Waals surface area contributed by atoms with Crippen molar-refractivity contribution in [2.45, 2.75) is 59.9 Å². The predicted molar refractivity (Wildman–Crippen MR) is 136 cm³/mol. The van der Waals surface area contributed by atoms with Crippen molar-refractivity contribution in [1.82, 2.24) is 8.61 Å². The van der Waals surface area contributed by atoms with Crippen molar-refractivity contribution in [2.75, 3.05) is 20.2 Å². The molecule has 0 amide bonds. The van der Waals surface area contributed by atoms with E-state index in [1.807, 2.05) is 0 Å². The summed E-state index contributed by atoms with van der Waals surface area (Å²) in [4.78, 5) is 22.7. The van der Waals surface area contributed by atoms with E-state index in [4.69, 9.17) is 0 Å². The topological polar surface area (TPSA) is 138 Å². The van der Waals surface area contributed by atoms with Crippen molar-refractivity contribution < 1.29 is 53.8 Å². The quantitative estimate of drug-likeness (QED) is 0.383. The molecular weight excluding hydrogens is 596 g/mol. The molecule has 41 heavy (non-hydrogen) atoms. The average Bonchev–Trinajstić information content (AvgIpc) is 3.41. The van der Waals surface area contributed by atoms with Crippen LogP contribution in [-0.2, 0) is 34.4 Å². The van der Waals surface area contributed by atoms with Gasteiger partial charge >= 0.3 is 11.9 Å². The summed E-state index contributed by atoms with van der Waals surface area (Å²) in [5.74, 6) is -3.44. The molecule has 0 spiro atoms. The van der Waals surface area contributed by atoms with Gasteiger partial charge in [0, 0.05) is 25.9 Å². The Kier molecular flexibility index (Phi) is 9.22. The van der Waals surface area contributed by atoms with Crippen molar-refractivity contribution in [3.05, 3.63) is 60.2 Å². The number of halogens is 4. The molecule has 2 aliphatic rings. The summed E-state index contributed by atoms with van der Waals surface area (Å²) in [6.07, 6.45) is -3.71. The molecule has 2 aromatic carbocycles. The summed E-state index contributed by atoms with van der Waals surface area (Å²) in [5.41, 5.74) is -3.45. The zero-order valence-corrected chi connectivity index (χ0v) is 23.8. The van der Waals surface area contributed by atoms with Crippen LogP contribution in [0.2, 0.25) is 0 Å². The summed E-state index contributed by atoms with van der Waals surface area (Å²) in [7, 11) is -7.21. The largest absolute Gasteiger partial charge is 0.480 e. The molecule has 2 unspecified atom stereocenters. The van der Waals surface area contributed by atoms with Crippen LogP contribution in [0.15, 0.2) is 58.3 Å². The first-order chi connectivity index (χ1) is 18.9. The molecular formula is C25H28F4N2O8S2. The Morgan fingerprint density at radius 1 is 0.780 bits per heavy atom. The molecule has 16 heteroatoms. The Balaban J connectivity index is 0.000000226. The van der Waals surface area contributed by atoms with E-state index in [0.29, 0.717) is 4.31 Å². The number of rotatable bonds is 6. The molecule has 0 radical (unpaired) electrons. The number of sulfonamides is 2. The maximum Gasteiger partial charge on any atom is 0.327 e. The fourth-order valence-electron chi connectivity index (χ4n) is 4.75. The number of ether oxygens (including phenoxy) is 1. The van der Waals surface area contributed by atoms with E-state index in [-0.39, 0.29) is 16.2 Å². The summed E-state index contributed by atoms with van der Waals surface area (Å²) in [5, 5.41) is 9.18. The molecule has 1 N–H and O–H groups in total. The van der Waals surface area contributed by atoms with E-state index in [1.54, 1.807) is 0 Å². The molecule has 4 rings (SSSR count). The summed E-state index contributed by atoms with van der Waals surface area (Å²) in [6, 6.07) is 8.09. The van der Waals surface area contributed by atoms with Gasteiger partial charge in [0.2, 0.25) is 20.0 Å². The molecule has 226 valence electrons. The van der Waals surface area contributed by atoms with E-state index in [2.05, 4.69) is 4.74 Å². The van der Waals surface area contributed by atoms with Crippen molar-refractivity contribution >= 4 is 32.0 Å². The summed E-state index contributed by atoms with van der Waals surface area (Å²) in [6.45, 7) is 1.52. The minimum Gasteiger partial charge on any atom is -0.480 e. The number of aliphatic carboxylic acids is 1. The van der Waals surface area contributed by atoms with Gasteiger partial charge in [-0.1, -0.05) is 0 Å². The molecule has 0 bridgehead atoms. The van der Waals surface area contributed by atoms with Crippen LogP contribution in [-0.4, -0.2) is 86.1 Å².